The van der Waals surface area contributed by atoms with Gasteiger partial charge in [-0.1, -0.05) is 12.1 Å². The van der Waals surface area contributed by atoms with Crippen molar-refractivity contribution in [3.8, 4) is 0 Å². The van der Waals surface area contributed by atoms with Crippen molar-refractivity contribution < 1.29 is 9.13 Å². The fourth-order valence-corrected chi connectivity index (χ4v) is 2.84. The van der Waals surface area contributed by atoms with E-state index < -0.39 is 0 Å². The molecule has 112 valence electrons. The maximum absolute atomic E-state index is 13.2. The molecule has 0 aliphatic carbocycles. The number of halogens is 1. The molecule has 1 aromatic carbocycles. The molecule has 1 aliphatic heterocycles. The summed E-state index contributed by atoms with van der Waals surface area (Å²) in [6.45, 7) is 5.79. The summed E-state index contributed by atoms with van der Waals surface area (Å²) in [7, 11) is 1.73. The number of ether oxygens (including phenoxy) is 1. The van der Waals surface area contributed by atoms with E-state index in [9.17, 15) is 4.39 Å². The molecule has 1 N–H and O–H groups in total. The van der Waals surface area contributed by atoms with E-state index in [-0.39, 0.29) is 5.82 Å². The molecule has 1 aliphatic rings. The number of likely N-dealkylation sites (tertiary alicyclic amines) is 1. The van der Waals surface area contributed by atoms with Gasteiger partial charge < -0.3 is 10.1 Å². The van der Waals surface area contributed by atoms with Crippen molar-refractivity contribution in [1.82, 2.24) is 10.2 Å². The predicted octanol–water partition coefficient (Wildman–Crippen LogP) is 2.27. The molecule has 1 fully saturated rings. The van der Waals surface area contributed by atoms with E-state index in [0.717, 1.165) is 44.9 Å². The Hall–Kier alpha value is -0.970. The number of hydrogen-bond acceptors (Lipinski definition) is 3. The molecule has 0 saturated carbocycles. The Labute approximate surface area is 121 Å². The molecular formula is C16H25FN2O. The van der Waals surface area contributed by atoms with Gasteiger partial charge in [-0.2, -0.15) is 0 Å². The molecule has 1 unspecified atom stereocenters. The third-order valence-electron chi connectivity index (χ3n) is 3.81. The molecule has 4 heteroatoms. The highest BCUT2D eigenvalue weighted by atomic mass is 19.1. The Kier molecular flexibility index (Phi) is 6.43. The van der Waals surface area contributed by atoms with E-state index in [0.29, 0.717) is 5.92 Å². The fourth-order valence-electron chi connectivity index (χ4n) is 2.84. The lowest BCUT2D eigenvalue weighted by Crippen LogP contribution is -2.39. The van der Waals surface area contributed by atoms with E-state index in [4.69, 9.17) is 4.74 Å². The number of piperidine rings is 1. The first-order chi connectivity index (χ1) is 9.78. The molecule has 2 rings (SSSR count). The maximum Gasteiger partial charge on any atom is 0.123 e. The Morgan fingerprint density at radius 1 is 1.45 bits per heavy atom. The van der Waals surface area contributed by atoms with Gasteiger partial charge in [0.2, 0.25) is 0 Å². The number of benzene rings is 1. The van der Waals surface area contributed by atoms with Gasteiger partial charge in [0, 0.05) is 26.7 Å². The number of nitrogens with one attached hydrogen (secondary N) is 1. The van der Waals surface area contributed by atoms with E-state index in [1.807, 2.05) is 6.07 Å². The fraction of sp³-hybridized carbons (Fsp3) is 0.625. The molecule has 0 spiro atoms. The molecule has 1 atom stereocenters. The van der Waals surface area contributed by atoms with Crippen LogP contribution in [-0.4, -0.2) is 44.8 Å². The smallest absolute Gasteiger partial charge is 0.123 e. The largest absolute Gasteiger partial charge is 0.383 e. The van der Waals surface area contributed by atoms with Gasteiger partial charge in [-0.05, 0) is 49.5 Å². The number of rotatable bonds is 7. The topological polar surface area (TPSA) is 24.5 Å². The van der Waals surface area contributed by atoms with Gasteiger partial charge >= 0.3 is 0 Å². The number of nitrogens with zero attached hydrogens (tertiary/aromatic N) is 1. The van der Waals surface area contributed by atoms with Crippen LogP contribution in [0.5, 0.6) is 0 Å². The zero-order chi connectivity index (χ0) is 14.2. The lowest BCUT2D eigenvalue weighted by Gasteiger charge is -2.33. The molecule has 1 saturated heterocycles. The van der Waals surface area contributed by atoms with Crippen molar-refractivity contribution in [2.45, 2.75) is 19.4 Å². The Balaban J connectivity index is 1.75. The van der Waals surface area contributed by atoms with Gasteiger partial charge in [-0.25, -0.2) is 4.39 Å². The van der Waals surface area contributed by atoms with Crippen LogP contribution in [0.1, 0.15) is 18.4 Å². The first-order valence-corrected chi connectivity index (χ1v) is 7.44. The maximum atomic E-state index is 13.2. The van der Waals surface area contributed by atoms with Crippen LogP contribution in [0.3, 0.4) is 0 Å². The van der Waals surface area contributed by atoms with Crippen molar-refractivity contribution in [2.24, 2.45) is 5.92 Å². The predicted molar refractivity (Wildman–Crippen MR) is 79.1 cm³/mol. The summed E-state index contributed by atoms with van der Waals surface area (Å²) in [5.41, 5.74) is 1.07. The average Bonchev–Trinajstić information content (AvgIpc) is 2.44. The monoisotopic (exact) mass is 280 g/mol. The highest BCUT2D eigenvalue weighted by Gasteiger charge is 2.19. The van der Waals surface area contributed by atoms with Crippen molar-refractivity contribution in [3.05, 3.63) is 35.6 Å². The molecule has 1 aromatic rings. The third-order valence-corrected chi connectivity index (χ3v) is 3.81. The molecule has 1 heterocycles. The summed E-state index contributed by atoms with van der Waals surface area (Å²) < 4.78 is 18.2. The summed E-state index contributed by atoms with van der Waals surface area (Å²) >= 11 is 0. The van der Waals surface area contributed by atoms with Crippen LogP contribution in [0.15, 0.2) is 24.3 Å². The summed E-state index contributed by atoms with van der Waals surface area (Å²) in [6.07, 6.45) is 2.51. The first kappa shape index (κ1) is 15.4. The SMILES string of the molecule is COCCNCC1CCCN(Cc2cccc(F)c2)C1. The van der Waals surface area contributed by atoms with Gasteiger partial charge in [0.15, 0.2) is 0 Å². The van der Waals surface area contributed by atoms with Crippen LogP contribution in [-0.2, 0) is 11.3 Å². The first-order valence-electron chi connectivity index (χ1n) is 7.44. The Morgan fingerprint density at radius 3 is 3.15 bits per heavy atom. The highest BCUT2D eigenvalue weighted by molar-refractivity contribution is 5.16. The Morgan fingerprint density at radius 2 is 2.35 bits per heavy atom. The third kappa shape index (κ3) is 5.19. The zero-order valence-electron chi connectivity index (χ0n) is 12.3. The molecule has 0 aromatic heterocycles. The van der Waals surface area contributed by atoms with Gasteiger partial charge in [-0.15, -0.1) is 0 Å². The Bertz CT molecular complexity index is 400. The second kappa shape index (κ2) is 8.35. The standard InChI is InChI=1S/C16H25FN2O/c1-20-9-7-18-11-15-5-3-8-19(13-15)12-14-4-2-6-16(17)10-14/h2,4,6,10,15,18H,3,5,7-9,11-13H2,1H3. The van der Waals surface area contributed by atoms with E-state index in [1.165, 1.54) is 18.9 Å². The van der Waals surface area contributed by atoms with Gasteiger partial charge in [0.1, 0.15) is 5.82 Å². The van der Waals surface area contributed by atoms with Gasteiger partial charge in [0.25, 0.3) is 0 Å². The zero-order valence-corrected chi connectivity index (χ0v) is 12.3. The minimum atomic E-state index is -0.141. The van der Waals surface area contributed by atoms with Crippen LogP contribution in [0.25, 0.3) is 0 Å². The summed E-state index contributed by atoms with van der Waals surface area (Å²) in [5, 5.41) is 3.44. The van der Waals surface area contributed by atoms with Crippen molar-refractivity contribution in [1.29, 1.82) is 0 Å². The second-order valence-corrected chi connectivity index (χ2v) is 5.57. The molecule has 20 heavy (non-hydrogen) atoms. The minimum absolute atomic E-state index is 0.141. The highest BCUT2D eigenvalue weighted by Crippen LogP contribution is 2.18. The average molecular weight is 280 g/mol. The van der Waals surface area contributed by atoms with Gasteiger partial charge in [0.05, 0.1) is 6.61 Å². The van der Waals surface area contributed by atoms with Crippen LogP contribution >= 0.6 is 0 Å². The summed E-state index contributed by atoms with van der Waals surface area (Å²) in [4.78, 5) is 2.43. The lowest BCUT2D eigenvalue weighted by molar-refractivity contribution is 0.159. The van der Waals surface area contributed by atoms with E-state index in [1.54, 1.807) is 19.2 Å². The molecular weight excluding hydrogens is 255 g/mol. The van der Waals surface area contributed by atoms with E-state index in [2.05, 4.69) is 10.2 Å². The van der Waals surface area contributed by atoms with Crippen LogP contribution in [0.4, 0.5) is 4.39 Å². The van der Waals surface area contributed by atoms with E-state index >= 15 is 0 Å². The molecule has 0 bridgehead atoms. The van der Waals surface area contributed by atoms with Crippen LogP contribution < -0.4 is 5.32 Å². The molecule has 0 amide bonds. The van der Waals surface area contributed by atoms with Gasteiger partial charge in [-0.3, -0.25) is 4.90 Å². The van der Waals surface area contributed by atoms with Crippen molar-refractivity contribution in [3.63, 3.8) is 0 Å². The summed E-state index contributed by atoms with van der Waals surface area (Å²) in [5.74, 6) is 0.548. The van der Waals surface area contributed by atoms with Crippen molar-refractivity contribution >= 4 is 0 Å². The normalized spacial score (nSPS) is 20.2. The number of hydrogen-bond donors (Lipinski definition) is 1. The minimum Gasteiger partial charge on any atom is -0.383 e. The number of methoxy groups -OCH3 is 1. The lowest BCUT2D eigenvalue weighted by atomic mass is 9.97. The quantitative estimate of drug-likeness (QED) is 0.776. The summed E-state index contributed by atoms with van der Waals surface area (Å²) in [6, 6.07) is 6.94. The second-order valence-electron chi connectivity index (χ2n) is 5.57. The molecule has 0 radical (unpaired) electrons. The van der Waals surface area contributed by atoms with Crippen molar-refractivity contribution in [2.75, 3.05) is 39.9 Å². The van der Waals surface area contributed by atoms with Crippen LogP contribution in [0.2, 0.25) is 0 Å². The molecule has 3 nitrogen and oxygen atoms in total. The van der Waals surface area contributed by atoms with Crippen LogP contribution in [0, 0.1) is 11.7 Å².